The average Bonchev–Trinajstić information content (AvgIpc) is 2.27. The molecule has 0 aromatic heterocycles. The standard InChI is InChI=1S/C14H21N3O/c1-10-4-5-12(11(8-10)13(15)16)17-6-7-18-14(2,3)9-17/h4-5,8H,6-7,9H2,1-3H3,(H3,15,16). The Kier molecular flexibility index (Phi) is 3.30. The van der Waals surface area contributed by atoms with Gasteiger partial charge in [-0.2, -0.15) is 0 Å². The minimum Gasteiger partial charge on any atom is -0.384 e. The van der Waals surface area contributed by atoms with Crippen LogP contribution in [0.2, 0.25) is 0 Å². The minimum atomic E-state index is -0.156. The largest absolute Gasteiger partial charge is 0.384 e. The number of aryl methyl sites for hydroxylation is 1. The highest BCUT2D eigenvalue weighted by atomic mass is 16.5. The Bertz CT molecular complexity index is 468. The molecular formula is C14H21N3O. The summed E-state index contributed by atoms with van der Waals surface area (Å²) in [4.78, 5) is 2.25. The van der Waals surface area contributed by atoms with Gasteiger partial charge in [-0.05, 0) is 32.9 Å². The van der Waals surface area contributed by atoms with Crippen LogP contribution in [0.3, 0.4) is 0 Å². The van der Waals surface area contributed by atoms with Crippen LogP contribution < -0.4 is 10.6 Å². The fraction of sp³-hybridized carbons (Fsp3) is 0.500. The molecule has 1 saturated heterocycles. The van der Waals surface area contributed by atoms with Crippen molar-refractivity contribution < 1.29 is 4.74 Å². The minimum absolute atomic E-state index is 0.123. The fourth-order valence-electron chi connectivity index (χ4n) is 2.36. The predicted octanol–water partition coefficient (Wildman–Crippen LogP) is 1.89. The quantitative estimate of drug-likeness (QED) is 0.619. The molecule has 0 saturated carbocycles. The van der Waals surface area contributed by atoms with Crippen LogP contribution in [0, 0.1) is 12.3 Å². The van der Waals surface area contributed by atoms with Crippen LogP contribution in [0.1, 0.15) is 25.0 Å². The first-order valence-corrected chi connectivity index (χ1v) is 6.23. The first-order valence-electron chi connectivity index (χ1n) is 6.23. The van der Waals surface area contributed by atoms with Crippen molar-refractivity contribution in [1.82, 2.24) is 0 Å². The molecule has 3 N–H and O–H groups in total. The van der Waals surface area contributed by atoms with E-state index in [0.717, 1.165) is 29.9 Å². The van der Waals surface area contributed by atoms with Gasteiger partial charge in [0.05, 0.1) is 12.2 Å². The maximum atomic E-state index is 7.71. The van der Waals surface area contributed by atoms with Crippen molar-refractivity contribution in [3.63, 3.8) is 0 Å². The van der Waals surface area contributed by atoms with E-state index < -0.39 is 0 Å². The van der Waals surface area contributed by atoms with E-state index >= 15 is 0 Å². The van der Waals surface area contributed by atoms with Crippen LogP contribution in [-0.2, 0) is 4.74 Å². The lowest BCUT2D eigenvalue weighted by molar-refractivity contribution is -0.0277. The molecule has 18 heavy (non-hydrogen) atoms. The van der Waals surface area contributed by atoms with Gasteiger partial charge in [-0.25, -0.2) is 0 Å². The van der Waals surface area contributed by atoms with Crippen LogP contribution in [0.5, 0.6) is 0 Å². The van der Waals surface area contributed by atoms with Crippen molar-refractivity contribution in [2.75, 3.05) is 24.6 Å². The maximum absolute atomic E-state index is 7.71. The number of morpholine rings is 1. The SMILES string of the molecule is Cc1ccc(N2CCOC(C)(C)C2)c(C(=N)N)c1. The zero-order chi connectivity index (χ0) is 13.3. The number of nitrogens with one attached hydrogen (secondary N) is 1. The lowest BCUT2D eigenvalue weighted by Gasteiger charge is -2.40. The molecule has 0 amide bonds. The van der Waals surface area contributed by atoms with Gasteiger partial charge >= 0.3 is 0 Å². The number of benzene rings is 1. The van der Waals surface area contributed by atoms with E-state index in [9.17, 15) is 0 Å². The summed E-state index contributed by atoms with van der Waals surface area (Å²) in [7, 11) is 0. The Morgan fingerprint density at radius 2 is 2.17 bits per heavy atom. The molecule has 1 aliphatic heterocycles. The van der Waals surface area contributed by atoms with Crippen LogP contribution >= 0.6 is 0 Å². The normalized spacial score (nSPS) is 18.7. The first-order chi connectivity index (χ1) is 8.39. The number of nitrogen functional groups attached to an aromatic ring is 1. The molecule has 4 heteroatoms. The maximum Gasteiger partial charge on any atom is 0.124 e. The van der Waals surface area contributed by atoms with Gasteiger partial charge in [0.1, 0.15) is 5.84 Å². The molecular weight excluding hydrogens is 226 g/mol. The van der Waals surface area contributed by atoms with Crippen molar-refractivity contribution in [1.29, 1.82) is 5.41 Å². The van der Waals surface area contributed by atoms with E-state index in [1.165, 1.54) is 0 Å². The molecule has 1 fully saturated rings. The summed E-state index contributed by atoms with van der Waals surface area (Å²) in [5, 5.41) is 7.71. The van der Waals surface area contributed by atoms with E-state index in [1.54, 1.807) is 0 Å². The summed E-state index contributed by atoms with van der Waals surface area (Å²) < 4.78 is 5.71. The highest BCUT2D eigenvalue weighted by Gasteiger charge is 2.28. The zero-order valence-corrected chi connectivity index (χ0v) is 11.3. The Balaban J connectivity index is 2.35. The smallest absolute Gasteiger partial charge is 0.124 e. The van der Waals surface area contributed by atoms with E-state index in [0.29, 0.717) is 6.61 Å². The van der Waals surface area contributed by atoms with E-state index in [1.807, 2.05) is 19.1 Å². The Labute approximate surface area is 108 Å². The van der Waals surface area contributed by atoms with Gasteiger partial charge in [-0.15, -0.1) is 0 Å². The Morgan fingerprint density at radius 3 is 2.78 bits per heavy atom. The molecule has 1 heterocycles. The average molecular weight is 247 g/mol. The molecule has 98 valence electrons. The van der Waals surface area contributed by atoms with Gasteiger partial charge in [0.2, 0.25) is 0 Å². The van der Waals surface area contributed by atoms with E-state index in [2.05, 4.69) is 24.8 Å². The third-order valence-corrected chi connectivity index (χ3v) is 3.21. The Hall–Kier alpha value is -1.55. The summed E-state index contributed by atoms with van der Waals surface area (Å²) in [5.74, 6) is 0.123. The monoisotopic (exact) mass is 247 g/mol. The van der Waals surface area contributed by atoms with Crippen molar-refractivity contribution in [3.8, 4) is 0 Å². The second-order valence-electron chi connectivity index (χ2n) is 5.46. The van der Waals surface area contributed by atoms with Gasteiger partial charge in [0.25, 0.3) is 0 Å². The van der Waals surface area contributed by atoms with Crippen molar-refractivity contribution in [3.05, 3.63) is 29.3 Å². The van der Waals surface area contributed by atoms with Gasteiger partial charge in [0.15, 0.2) is 0 Å². The molecule has 0 unspecified atom stereocenters. The topological polar surface area (TPSA) is 62.3 Å². The highest BCUT2D eigenvalue weighted by Crippen LogP contribution is 2.26. The van der Waals surface area contributed by atoms with Gasteiger partial charge in [0, 0.05) is 24.3 Å². The zero-order valence-electron chi connectivity index (χ0n) is 11.3. The molecule has 0 spiro atoms. The summed E-state index contributed by atoms with van der Waals surface area (Å²) in [5.41, 5.74) is 8.49. The van der Waals surface area contributed by atoms with E-state index in [-0.39, 0.29) is 11.4 Å². The molecule has 0 radical (unpaired) electrons. The molecule has 2 rings (SSSR count). The molecule has 1 aliphatic rings. The number of rotatable bonds is 2. The molecule has 1 aromatic carbocycles. The molecule has 0 aliphatic carbocycles. The van der Waals surface area contributed by atoms with E-state index in [4.69, 9.17) is 15.9 Å². The molecule has 1 aromatic rings. The second kappa shape index (κ2) is 4.61. The first kappa shape index (κ1) is 12.9. The number of anilines is 1. The molecule has 4 nitrogen and oxygen atoms in total. The second-order valence-corrected chi connectivity index (χ2v) is 5.46. The number of hydrogen-bond donors (Lipinski definition) is 2. The van der Waals surface area contributed by atoms with Crippen LogP contribution in [-0.4, -0.2) is 31.1 Å². The lowest BCUT2D eigenvalue weighted by atomic mass is 10.0. The summed E-state index contributed by atoms with van der Waals surface area (Å²) in [6.07, 6.45) is 0. The van der Waals surface area contributed by atoms with Crippen LogP contribution in [0.4, 0.5) is 5.69 Å². The summed E-state index contributed by atoms with van der Waals surface area (Å²) >= 11 is 0. The molecule has 0 bridgehead atoms. The number of amidine groups is 1. The van der Waals surface area contributed by atoms with Crippen molar-refractivity contribution in [2.45, 2.75) is 26.4 Å². The highest BCUT2D eigenvalue weighted by molar-refractivity contribution is 6.00. The molecule has 0 atom stereocenters. The number of hydrogen-bond acceptors (Lipinski definition) is 3. The van der Waals surface area contributed by atoms with Crippen LogP contribution in [0.25, 0.3) is 0 Å². The van der Waals surface area contributed by atoms with Crippen molar-refractivity contribution in [2.24, 2.45) is 5.73 Å². The fourth-order valence-corrected chi connectivity index (χ4v) is 2.36. The van der Waals surface area contributed by atoms with Gasteiger partial charge in [-0.1, -0.05) is 11.6 Å². The summed E-state index contributed by atoms with van der Waals surface area (Å²) in [6.45, 7) is 8.54. The Morgan fingerprint density at radius 1 is 1.44 bits per heavy atom. The van der Waals surface area contributed by atoms with Gasteiger partial charge < -0.3 is 15.4 Å². The third-order valence-electron chi connectivity index (χ3n) is 3.21. The van der Waals surface area contributed by atoms with Gasteiger partial charge in [-0.3, -0.25) is 5.41 Å². The van der Waals surface area contributed by atoms with Crippen molar-refractivity contribution >= 4 is 11.5 Å². The lowest BCUT2D eigenvalue weighted by Crippen LogP contribution is -2.48. The summed E-state index contributed by atoms with van der Waals surface area (Å²) in [6, 6.07) is 6.08. The number of nitrogens with two attached hydrogens (primary N) is 1. The third kappa shape index (κ3) is 2.64. The number of nitrogens with zero attached hydrogens (tertiary/aromatic N) is 1. The number of ether oxygens (including phenoxy) is 1. The predicted molar refractivity (Wildman–Crippen MR) is 74.4 cm³/mol. The van der Waals surface area contributed by atoms with Crippen LogP contribution in [0.15, 0.2) is 18.2 Å².